The first-order valence-corrected chi connectivity index (χ1v) is 11.4. The van der Waals surface area contributed by atoms with E-state index in [9.17, 15) is 4.79 Å². The molecule has 5 rings (SSSR count). The molecule has 0 atom stereocenters. The third kappa shape index (κ3) is 5.00. The molecule has 1 heterocycles. The molecule has 0 saturated heterocycles. The van der Waals surface area contributed by atoms with Gasteiger partial charge < -0.3 is 10.1 Å². The van der Waals surface area contributed by atoms with Gasteiger partial charge in [0.1, 0.15) is 16.5 Å². The van der Waals surface area contributed by atoms with Crippen molar-refractivity contribution in [2.24, 2.45) is 0 Å². The third-order valence-electron chi connectivity index (χ3n) is 5.06. The van der Waals surface area contributed by atoms with Crippen LogP contribution in [0.15, 0.2) is 115 Å². The molecule has 1 aromatic heterocycles. The summed E-state index contributed by atoms with van der Waals surface area (Å²) in [6, 6.07) is 34.5. The van der Waals surface area contributed by atoms with Gasteiger partial charge in [-0.15, -0.1) is 11.3 Å². The summed E-state index contributed by atoms with van der Waals surface area (Å²) in [6.45, 7) is 0. The lowest BCUT2D eigenvalue weighted by molar-refractivity contribution is 0.102. The minimum absolute atomic E-state index is 0.172. The number of nitrogens with zero attached hydrogens (tertiary/aromatic N) is 1. The van der Waals surface area contributed by atoms with Gasteiger partial charge in [-0.05, 0) is 48.5 Å². The van der Waals surface area contributed by atoms with Crippen LogP contribution < -0.4 is 10.1 Å². The number of ether oxygens (including phenoxy) is 1. The maximum absolute atomic E-state index is 12.6. The predicted octanol–water partition coefficient (Wildman–Crippen LogP) is 7.52. The van der Waals surface area contributed by atoms with E-state index in [1.54, 1.807) is 35.6 Å². The number of amides is 1. The molecule has 5 aromatic rings. The number of carbonyl (C=O) groups is 1. The summed E-state index contributed by atoms with van der Waals surface area (Å²) in [6.07, 6.45) is 0. The molecule has 0 saturated carbocycles. The highest BCUT2D eigenvalue weighted by atomic mass is 32.1. The average molecular weight is 449 g/mol. The van der Waals surface area contributed by atoms with Crippen molar-refractivity contribution in [3.05, 3.63) is 120 Å². The van der Waals surface area contributed by atoms with Gasteiger partial charge in [0.05, 0.1) is 5.69 Å². The topological polar surface area (TPSA) is 51.2 Å². The van der Waals surface area contributed by atoms with Crippen molar-refractivity contribution >= 4 is 22.9 Å². The normalized spacial score (nSPS) is 10.5. The summed E-state index contributed by atoms with van der Waals surface area (Å²) in [5.74, 6) is 1.26. The van der Waals surface area contributed by atoms with Crippen molar-refractivity contribution in [3.8, 4) is 33.3 Å². The molecule has 1 N–H and O–H groups in total. The van der Waals surface area contributed by atoms with E-state index < -0.39 is 0 Å². The number of hydrogen-bond acceptors (Lipinski definition) is 4. The van der Waals surface area contributed by atoms with Crippen molar-refractivity contribution < 1.29 is 9.53 Å². The number of aromatic nitrogens is 1. The van der Waals surface area contributed by atoms with Gasteiger partial charge in [0.15, 0.2) is 0 Å². The molecule has 33 heavy (non-hydrogen) atoms. The zero-order valence-electron chi connectivity index (χ0n) is 17.6. The maximum atomic E-state index is 12.6. The van der Waals surface area contributed by atoms with Crippen LogP contribution in [0.25, 0.3) is 21.8 Å². The number of rotatable bonds is 6. The number of benzene rings is 4. The van der Waals surface area contributed by atoms with Gasteiger partial charge >= 0.3 is 0 Å². The lowest BCUT2D eigenvalue weighted by Gasteiger charge is -2.08. The Bertz CT molecular complexity index is 1350. The minimum atomic E-state index is -0.172. The zero-order chi connectivity index (χ0) is 22.5. The van der Waals surface area contributed by atoms with Gasteiger partial charge in [-0.25, -0.2) is 4.98 Å². The van der Waals surface area contributed by atoms with E-state index in [0.29, 0.717) is 11.3 Å². The molecule has 5 heteroatoms. The Morgan fingerprint density at radius 2 is 1.33 bits per heavy atom. The first-order chi connectivity index (χ1) is 16.2. The Kier molecular flexibility index (Phi) is 5.95. The summed E-state index contributed by atoms with van der Waals surface area (Å²) in [5, 5.41) is 5.98. The Labute approximate surface area is 196 Å². The van der Waals surface area contributed by atoms with E-state index >= 15 is 0 Å². The number of para-hydroxylation sites is 1. The van der Waals surface area contributed by atoms with Gasteiger partial charge in [-0.2, -0.15) is 0 Å². The summed E-state index contributed by atoms with van der Waals surface area (Å²) in [7, 11) is 0. The van der Waals surface area contributed by atoms with Crippen LogP contribution in [-0.4, -0.2) is 10.9 Å². The minimum Gasteiger partial charge on any atom is -0.457 e. The van der Waals surface area contributed by atoms with E-state index in [4.69, 9.17) is 9.72 Å². The van der Waals surface area contributed by atoms with Crippen LogP contribution in [0, 0.1) is 0 Å². The van der Waals surface area contributed by atoms with Gasteiger partial charge in [0.25, 0.3) is 5.91 Å². The van der Waals surface area contributed by atoms with Crippen LogP contribution in [0.4, 0.5) is 5.69 Å². The molecular weight excluding hydrogens is 428 g/mol. The molecule has 4 nitrogen and oxygen atoms in total. The molecule has 0 spiro atoms. The average Bonchev–Trinajstić information content (AvgIpc) is 3.37. The quantitative estimate of drug-likeness (QED) is 0.292. The molecule has 1 amide bonds. The largest absolute Gasteiger partial charge is 0.457 e. The number of thiazole rings is 1. The lowest BCUT2D eigenvalue weighted by atomic mass is 10.1. The second-order valence-electron chi connectivity index (χ2n) is 7.37. The molecule has 0 aliphatic heterocycles. The summed E-state index contributed by atoms with van der Waals surface area (Å²) in [5.41, 5.74) is 4.33. The third-order valence-corrected chi connectivity index (χ3v) is 5.95. The number of anilines is 1. The van der Waals surface area contributed by atoms with Crippen LogP contribution in [0.2, 0.25) is 0 Å². The second-order valence-corrected chi connectivity index (χ2v) is 8.23. The van der Waals surface area contributed by atoms with E-state index in [0.717, 1.165) is 33.3 Å². The fraction of sp³-hybridized carbons (Fsp3) is 0. The Morgan fingerprint density at radius 1 is 0.697 bits per heavy atom. The molecule has 0 radical (unpaired) electrons. The first kappa shape index (κ1) is 20.7. The van der Waals surface area contributed by atoms with Crippen LogP contribution in [-0.2, 0) is 0 Å². The molecule has 160 valence electrons. The second kappa shape index (κ2) is 9.51. The van der Waals surface area contributed by atoms with Crippen LogP contribution >= 0.6 is 11.3 Å². The predicted molar refractivity (Wildman–Crippen MR) is 134 cm³/mol. The number of hydrogen-bond donors (Lipinski definition) is 1. The fourth-order valence-electron chi connectivity index (χ4n) is 3.35. The molecular formula is C28H20N2O2S. The molecule has 4 aromatic carbocycles. The Hall–Kier alpha value is -4.22. The van der Waals surface area contributed by atoms with E-state index in [2.05, 4.69) is 22.8 Å². The van der Waals surface area contributed by atoms with Crippen LogP contribution in [0.5, 0.6) is 11.5 Å². The van der Waals surface area contributed by atoms with Gasteiger partial charge in [-0.3, -0.25) is 4.79 Å². The highest BCUT2D eigenvalue weighted by Gasteiger charge is 2.09. The molecule has 0 aliphatic rings. The monoisotopic (exact) mass is 448 g/mol. The highest BCUT2D eigenvalue weighted by Crippen LogP contribution is 2.29. The summed E-state index contributed by atoms with van der Waals surface area (Å²) >= 11 is 1.62. The van der Waals surface area contributed by atoms with Crippen LogP contribution in [0.3, 0.4) is 0 Å². The van der Waals surface area contributed by atoms with Crippen molar-refractivity contribution in [2.75, 3.05) is 5.32 Å². The van der Waals surface area contributed by atoms with E-state index in [1.807, 2.05) is 72.8 Å². The zero-order valence-corrected chi connectivity index (χ0v) is 18.5. The molecule has 0 fully saturated rings. The van der Waals surface area contributed by atoms with Gasteiger partial charge in [0, 0.05) is 27.8 Å². The SMILES string of the molecule is O=C(Nc1ccc(-c2csc(-c3ccccc3)n2)cc1)c1ccc(Oc2ccccc2)cc1. The highest BCUT2D eigenvalue weighted by molar-refractivity contribution is 7.13. The summed E-state index contributed by atoms with van der Waals surface area (Å²) in [4.78, 5) is 17.4. The molecule has 0 aliphatic carbocycles. The smallest absolute Gasteiger partial charge is 0.255 e. The Balaban J connectivity index is 1.23. The Morgan fingerprint density at radius 3 is 2.03 bits per heavy atom. The number of carbonyl (C=O) groups excluding carboxylic acids is 1. The fourth-order valence-corrected chi connectivity index (χ4v) is 4.18. The van der Waals surface area contributed by atoms with Crippen LogP contribution in [0.1, 0.15) is 10.4 Å². The van der Waals surface area contributed by atoms with E-state index in [1.165, 1.54) is 0 Å². The molecule has 0 unspecified atom stereocenters. The van der Waals surface area contributed by atoms with E-state index in [-0.39, 0.29) is 5.91 Å². The van der Waals surface area contributed by atoms with Crippen molar-refractivity contribution in [3.63, 3.8) is 0 Å². The number of nitrogens with one attached hydrogen (secondary N) is 1. The molecule has 0 bridgehead atoms. The summed E-state index contributed by atoms with van der Waals surface area (Å²) < 4.78 is 5.78. The van der Waals surface area contributed by atoms with Crippen molar-refractivity contribution in [1.29, 1.82) is 0 Å². The lowest BCUT2D eigenvalue weighted by Crippen LogP contribution is -2.11. The van der Waals surface area contributed by atoms with Gasteiger partial charge in [-0.1, -0.05) is 60.7 Å². The standard InChI is InChI=1S/C28H20N2O2S/c31-27(21-13-17-25(18-14-21)32-24-9-5-2-6-10-24)29-23-15-11-20(12-16-23)26-19-33-28(30-26)22-7-3-1-4-8-22/h1-19H,(H,29,31). The van der Waals surface area contributed by atoms with Crippen molar-refractivity contribution in [1.82, 2.24) is 4.98 Å². The first-order valence-electron chi connectivity index (χ1n) is 10.5. The van der Waals surface area contributed by atoms with Gasteiger partial charge in [0.2, 0.25) is 0 Å². The van der Waals surface area contributed by atoms with Crippen molar-refractivity contribution in [2.45, 2.75) is 0 Å². The maximum Gasteiger partial charge on any atom is 0.255 e.